The van der Waals surface area contributed by atoms with Crippen LogP contribution in [0.15, 0.2) is 97.1 Å². The first-order valence-corrected chi connectivity index (χ1v) is 11.2. The van der Waals surface area contributed by atoms with Crippen LogP contribution >= 0.6 is 8.81 Å². The average Bonchev–Trinajstić information content (AvgIpc) is 3.27. The third kappa shape index (κ3) is 3.11. The van der Waals surface area contributed by atoms with Crippen molar-refractivity contribution < 1.29 is 4.89 Å². The van der Waals surface area contributed by atoms with Gasteiger partial charge in [-0.05, 0) is 52.2 Å². The Bertz CT molecular complexity index is 1550. The number of hydrogen-bond donors (Lipinski definition) is 2. The molecule has 0 radical (unpaired) electrons. The summed E-state index contributed by atoms with van der Waals surface area (Å²) >= 11 is 0. The summed E-state index contributed by atoms with van der Waals surface area (Å²) < 4.78 is 0. The summed E-state index contributed by atoms with van der Waals surface area (Å²) in [5.74, 6) is 0. The van der Waals surface area contributed by atoms with Crippen molar-refractivity contribution in [1.82, 2.24) is 9.97 Å². The highest BCUT2D eigenvalue weighted by atomic mass is 31.1. The molecular formula is C27H19N2OP. The van der Waals surface area contributed by atoms with Crippen LogP contribution in [0.1, 0.15) is 0 Å². The summed E-state index contributed by atoms with van der Waals surface area (Å²) in [7, 11) is -0.325. The van der Waals surface area contributed by atoms with Crippen LogP contribution < -0.4 is 5.44 Å². The Morgan fingerprint density at radius 1 is 0.677 bits per heavy atom. The maximum Gasteiger partial charge on any atom is 0.0880 e. The van der Waals surface area contributed by atoms with Crippen molar-refractivity contribution in [2.24, 2.45) is 0 Å². The monoisotopic (exact) mass is 418 g/mol. The summed E-state index contributed by atoms with van der Waals surface area (Å²) in [4.78, 5) is 18.1. The first-order chi connectivity index (χ1) is 15.3. The van der Waals surface area contributed by atoms with Gasteiger partial charge in [0.15, 0.2) is 0 Å². The Kier molecular flexibility index (Phi) is 4.31. The van der Waals surface area contributed by atoms with E-state index < -0.39 is 0 Å². The molecular weight excluding hydrogens is 399 g/mol. The van der Waals surface area contributed by atoms with Gasteiger partial charge in [0, 0.05) is 27.5 Å². The normalized spacial score (nSPS) is 11.9. The molecule has 4 heteroatoms. The fourth-order valence-electron chi connectivity index (χ4n) is 4.35. The number of rotatable bonds is 3. The van der Waals surface area contributed by atoms with E-state index in [0.29, 0.717) is 5.44 Å². The quantitative estimate of drug-likeness (QED) is 0.326. The van der Waals surface area contributed by atoms with Crippen molar-refractivity contribution in [1.29, 1.82) is 0 Å². The lowest BCUT2D eigenvalue weighted by Crippen LogP contribution is -2.01. The van der Waals surface area contributed by atoms with Gasteiger partial charge in [0.25, 0.3) is 0 Å². The van der Waals surface area contributed by atoms with Crippen molar-refractivity contribution in [2.75, 3.05) is 0 Å². The zero-order chi connectivity index (χ0) is 20.8. The number of para-hydroxylation sites is 1. The predicted octanol–water partition coefficient (Wildman–Crippen LogP) is 6.41. The number of pyridine rings is 1. The van der Waals surface area contributed by atoms with E-state index in [1.54, 1.807) is 0 Å². The SMILES string of the molecule is OPc1ccc2cc(-c3cc4ccccc4[nH]3)cc(-c3cccc4ccccc34)c2n1. The molecule has 1 atom stereocenters. The molecule has 6 aromatic rings. The number of nitrogens with zero attached hydrogens (tertiary/aromatic N) is 1. The molecule has 4 aromatic carbocycles. The number of hydrogen-bond acceptors (Lipinski definition) is 2. The summed E-state index contributed by atoms with van der Waals surface area (Å²) in [5.41, 5.74) is 7.15. The van der Waals surface area contributed by atoms with Gasteiger partial charge in [-0.1, -0.05) is 66.7 Å². The van der Waals surface area contributed by atoms with Crippen LogP contribution in [0.5, 0.6) is 0 Å². The van der Waals surface area contributed by atoms with Gasteiger partial charge in [-0.15, -0.1) is 0 Å². The van der Waals surface area contributed by atoms with E-state index in [2.05, 4.69) is 89.9 Å². The number of benzene rings is 4. The first kappa shape index (κ1) is 18.3. The van der Waals surface area contributed by atoms with Crippen molar-refractivity contribution in [2.45, 2.75) is 0 Å². The minimum atomic E-state index is -0.325. The Balaban J connectivity index is 1.68. The van der Waals surface area contributed by atoms with Gasteiger partial charge in [0.1, 0.15) is 0 Å². The summed E-state index contributed by atoms with van der Waals surface area (Å²) in [6.07, 6.45) is 0. The Morgan fingerprint density at radius 3 is 2.35 bits per heavy atom. The van der Waals surface area contributed by atoms with Crippen LogP contribution in [0, 0.1) is 0 Å². The van der Waals surface area contributed by atoms with Gasteiger partial charge in [-0.3, -0.25) is 0 Å². The Morgan fingerprint density at radius 2 is 1.48 bits per heavy atom. The second-order valence-corrected chi connectivity index (χ2v) is 8.44. The van der Waals surface area contributed by atoms with Crippen LogP contribution in [-0.4, -0.2) is 14.9 Å². The van der Waals surface area contributed by atoms with E-state index in [4.69, 9.17) is 4.98 Å². The topological polar surface area (TPSA) is 48.9 Å². The lowest BCUT2D eigenvalue weighted by molar-refractivity contribution is 0.654. The van der Waals surface area contributed by atoms with Crippen molar-refractivity contribution in [3.05, 3.63) is 97.1 Å². The van der Waals surface area contributed by atoms with Crippen molar-refractivity contribution in [3.8, 4) is 22.4 Å². The molecule has 0 aliphatic carbocycles. The number of aromatic nitrogens is 2. The highest BCUT2D eigenvalue weighted by Crippen LogP contribution is 2.37. The fraction of sp³-hybridized carbons (Fsp3) is 0. The summed E-state index contributed by atoms with van der Waals surface area (Å²) in [5, 5.41) is 4.64. The zero-order valence-electron chi connectivity index (χ0n) is 16.6. The number of H-pyrrole nitrogens is 1. The molecule has 0 bridgehead atoms. The second kappa shape index (κ2) is 7.31. The molecule has 1 unspecified atom stereocenters. The predicted molar refractivity (Wildman–Crippen MR) is 132 cm³/mol. The molecule has 0 fully saturated rings. The molecule has 31 heavy (non-hydrogen) atoms. The number of aromatic amines is 1. The maximum atomic E-state index is 9.70. The van der Waals surface area contributed by atoms with E-state index >= 15 is 0 Å². The van der Waals surface area contributed by atoms with Gasteiger partial charge < -0.3 is 9.88 Å². The van der Waals surface area contributed by atoms with E-state index in [1.807, 2.05) is 12.1 Å². The maximum absolute atomic E-state index is 9.70. The number of fused-ring (bicyclic) bond motifs is 3. The molecule has 6 rings (SSSR count). The highest BCUT2D eigenvalue weighted by molar-refractivity contribution is 7.40. The molecule has 0 saturated carbocycles. The molecule has 0 aliphatic heterocycles. The van der Waals surface area contributed by atoms with Crippen molar-refractivity contribution >= 4 is 46.8 Å². The van der Waals surface area contributed by atoms with Gasteiger partial charge in [0.2, 0.25) is 0 Å². The van der Waals surface area contributed by atoms with E-state index in [-0.39, 0.29) is 8.81 Å². The minimum absolute atomic E-state index is 0.325. The Labute approximate surface area is 181 Å². The summed E-state index contributed by atoms with van der Waals surface area (Å²) in [6, 6.07) is 33.7. The first-order valence-electron chi connectivity index (χ1n) is 10.2. The lowest BCUT2D eigenvalue weighted by Gasteiger charge is -2.13. The molecule has 3 nitrogen and oxygen atoms in total. The molecule has 0 spiro atoms. The molecule has 148 valence electrons. The van der Waals surface area contributed by atoms with Crippen molar-refractivity contribution in [3.63, 3.8) is 0 Å². The lowest BCUT2D eigenvalue weighted by atomic mass is 9.94. The smallest absolute Gasteiger partial charge is 0.0880 e. The van der Waals surface area contributed by atoms with E-state index in [1.165, 1.54) is 16.2 Å². The Hall–Kier alpha value is -3.52. The van der Waals surface area contributed by atoms with E-state index in [0.717, 1.165) is 38.8 Å². The minimum Gasteiger partial charge on any atom is -0.371 e. The molecule has 2 aromatic heterocycles. The van der Waals surface area contributed by atoms with Crippen LogP contribution in [-0.2, 0) is 0 Å². The number of nitrogens with one attached hydrogen (secondary N) is 1. The van der Waals surface area contributed by atoms with Gasteiger partial charge in [0.05, 0.1) is 19.8 Å². The average molecular weight is 418 g/mol. The van der Waals surface area contributed by atoms with Gasteiger partial charge in [-0.2, -0.15) is 0 Å². The largest absolute Gasteiger partial charge is 0.371 e. The van der Waals surface area contributed by atoms with Crippen LogP contribution in [0.4, 0.5) is 0 Å². The fourth-order valence-corrected chi connectivity index (χ4v) is 4.67. The second-order valence-electron chi connectivity index (χ2n) is 7.70. The third-order valence-corrected chi connectivity index (χ3v) is 6.34. The molecule has 2 N–H and O–H groups in total. The third-order valence-electron chi connectivity index (χ3n) is 5.83. The van der Waals surface area contributed by atoms with Crippen LogP contribution in [0.25, 0.3) is 55.0 Å². The molecule has 0 saturated heterocycles. The van der Waals surface area contributed by atoms with Crippen LogP contribution in [0.2, 0.25) is 0 Å². The van der Waals surface area contributed by atoms with Gasteiger partial charge in [-0.25, -0.2) is 4.98 Å². The molecule has 0 amide bonds. The van der Waals surface area contributed by atoms with E-state index in [9.17, 15) is 4.89 Å². The van der Waals surface area contributed by atoms with Gasteiger partial charge >= 0.3 is 0 Å². The standard InChI is InChI=1S/C27H19N2OP/c30-31-26-13-12-19-14-20(25-16-18-7-2-4-11-24(18)28-25)15-23(27(19)29-26)22-10-5-8-17-6-1-3-9-21(17)22/h1-16,28,30-31H. The molecule has 2 heterocycles. The molecule has 0 aliphatic rings. The highest BCUT2D eigenvalue weighted by Gasteiger charge is 2.14. The van der Waals surface area contributed by atoms with Crippen LogP contribution in [0.3, 0.4) is 0 Å². The zero-order valence-corrected chi connectivity index (χ0v) is 17.6. The summed E-state index contributed by atoms with van der Waals surface area (Å²) in [6.45, 7) is 0.